The van der Waals surface area contributed by atoms with Crippen molar-refractivity contribution in [1.29, 1.82) is 0 Å². The zero-order valence-corrected chi connectivity index (χ0v) is 25.7. The van der Waals surface area contributed by atoms with Crippen molar-refractivity contribution < 1.29 is 9.47 Å². The minimum Gasteiger partial charge on any atom is -0.458 e. The van der Waals surface area contributed by atoms with Crippen molar-refractivity contribution >= 4 is 80.5 Å². The third-order valence-electron chi connectivity index (χ3n) is 10.2. The van der Waals surface area contributed by atoms with Crippen molar-refractivity contribution in [2.45, 2.75) is 0 Å². The van der Waals surface area contributed by atoms with E-state index in [0.717, 1.165) is 73.4 Å². The van der Waals surface area contributed by atoms with Crippen LogP contribution in [-0.2, 0) is 0 Å². The molecular formula is C41H25B2N3O2. The number of rotatable bonds is 2. The summed E-state index contributed by atoms with van der Waals surface area (Å²) in [4.78, 5) is 9.62. The topological polar surface area (TPSA) is 37.8 Å². The average Bonchev–Trinajstić information content (AvgIpc) is 3.14. The van der Waals surface area contributed by atoms with Gasteiger partial charge >= 0.3 is 0 Å². The zero-order chi connectivity index (χ0) is 31.3. The second kappa shape index (κ2) is 9.66. The molecule has 0 amide bonds. The Morgan fingerprint density at radius 1 is 0.417 bits per heavy atom. The lowest BCUT2D eigenvalue weighted by Gasteiger charge is -2.41. The van der Waals surface area contributed by atoms with Crippen LogP contribution >= 0.6 is 0 Å². The van der Waals surface area contributed by atoms with Crippen LogP contribution in [0.3, 0.4) is 0 Å². The molecule has 222 valence electrons. The Hall–Kier alpha value is -6.20. The third-order valence-corrected chi connectivity index (χ3v) is 10.2. The standard InChI is InChI=1S/C41H25B2N3O2/c1-3-12-26(13-4-1)45-32-18-8-7-16-28(32)42-30-24-31-38(25-37(30)47-35-21-9-19-33(45)39(35)42)48-36-22-10-20-34-40(36)43(31)29-17-11-23-44-41(29)46(34)27-14-5-2-6-15-27/h1-25H. The predicted molar refractivity (Wildman–Crippen MR) is 196 cm³/mol. The molecule has 1 aromatic heterocycles. The molecule has 0 bridgehead atoms. The van der Waals surface area contributed by atoms with E-state index in [-0.39, 0.29) is 13.4 Å². The summed E-state index contributed by atoms with van der Waals surface area (Å²) >= 11 is 0. The fourth-order valence-corrected chi connectivity index (χ4v) is 8.32. The van der Waals surface area contributed by atoms with Crippen LogP contribution in [0.4, 0.5) is 34.3 Å². The Labute approximate surface area is 278 Å². The normalized spacial score (nSPS) is 14.0. The molecule has 0 fully saturated rings. The Bertz CT molecular complexity index is 2290. The quantitative estimate of drug-likeness (QED) is 0.228. The van der Waals surface area contributed by atoms with Crippen molar-refractivity contribution in [2.24, 2.45) is 0 Å². The summed E-state index contributed by atoms with van der Waals surface area (Å²) in [5.41, 5.74) is 12.6. The third kappa shape index (κ3) is 3.45. The van der Waals surface area contributed by atoms with Crippen LogP contribution in [0.25, 0.3) is 0 Å². The molecule has 7 aromatic rings. The van der Waals surface area contributed by atoms with E-state index in [2.05, 4.69) is 143 Å². The van der Waals surface area contributed by atoms with E-state index in [4.69, 9.17) is 14.5 Å². The van der Waals surface area contributed by atoms with Gasteiger partial charge in [0.05, 0.1) is 0 Å². The molecule has 0 spiro atoms. The van der Waals surface area contributed by atoms with Gasteiger partial charge in [0.25, 0.3) is 13.4 Å². The molecule has 0 saturated carbocycles. The summed E-state index contributed by atoms with van der Waals surface area (Å²) in [6, 6.07) is 51.3. The first-order valence-electron chi connectivity index (χ1n) is 16.4. The van der Waals surface area contributed by atoms with Crippen molar-refractivity contribution in [3.63, 3.8) is 0 Å². The van der Waals surface area contributed by atoms with E-state index >= 15 is 0 Å². The SMILES string of the molecule is c1ccc(N2c3ccccc3B3c4cc5c(cc4Oc4cccc2c43)Oc2cccc3c2B5c2cccnc2N3c2ccccc2)cc1. The van der Waals surface area contributed by atoms with Gasteiger partial charge in [0.1, 0.15) is 28.8 Å². The Kier molecular flexibility index (Phi) is 5.22. The number of anilines is 6. The number of hydrogen-bond acceptors (Lipinski definition) is 5. The highest BCUT2D eigenvalue weighted by molar-refractivity contribution is 7.02. The summed E-state index contributed by atoms with van der Waals surface area (Å²) < 4.78 is 13.6. The summed E-state index contributed by atoms with van der Waals surface area (Å²) in [6.07, 6.45) is 1.89. The molecular weight excluding hydrogens is 588 g/mol. The zero-order valence-electron chi connectivity index (χ0n) is 25.7. The highest BCUT2D eigenvalue weighted by Gasteiger charge is 2.46. The number of ether oxygens (including phenoxy) is 2. The lowest BCUT2D eigenvalue weighted by atomic mass is 9.31. The van der Waals surface area contributed by atoms with Crippen LogP contribution < -0.4 is 52.1 Å². The maximum atomic E-state index is 6.80. The molecule has 11 rings (SSSR count). The minimum atomic E-state index is -0.0507. The molecule has 48 heavy (non-hydrogen) atoms. The second-order valence-corrected chi connectivity index (χ2v) is 12.7. The number of fused-ring (bicyclic) bond motifs is 8. The van der Waals surface area contributed by atoms with Crippen LogP contribution in [0.5, 0.6) is 23.0 Å². The van der Waals surface area contributed by atoms with Crippen molar-refractivity contribution in [3.8, 4) is 23.0 Å². The van der Waals surface area contributed by atoms with Gasteiger partial charge in [0, 0.05) is 40.7 Å². The first-order chi connectivity index (χ1) is 23.8. The fourth-order valence-electron chi connectivity index (χ4n) is 8.32. The summed E-state index contributed by atoms with van der Waals surface area (Å²) in [7, 11) is 0. The molecule has 0 N–H and O–H groups in total. The fraction of sp³-hybridized carbons (Fsp3) is 0. The largest absolute Gasteiger partial charge is 0.458 e. The molecule has 4 aliphatic heterocycles. The minimum absolute atomic E-state index is 0.00386. The molecule has 5 heterocycles. The Balaban J connectivity index is 1.15. The van der Waals surface area contributed by atoms with Gasteiger partial charge in [-0.2, -0.15) is 0 Å². The van der Waals surface area contributed by atoms with Crippen molar-refractivity contribution in [3.05, 3.63) is 152 Å². The van der Waals surface area contributed by atoms with Crippen molar-refractivity contribution in [2.75, 3.05) is 9.80 Å². The number of nitrogens with zero attached hydrogens (tertiary/aromatic N) is 3. The van der Waals surface area contributed by atoms with Crippen LogP contribution in [0.2, 0.25) is 0 Å². The monoisotopic (exact) mass is 613 g/mol. The molecule has 0 saturated heterocycles. The second-order valence-electron chi connectivity index (χ2n) is 12.7. The number of aromatic nitrogens is 1. The summed E-state index contributed by atoms with van der Waals surface area (Å²) in [5.74, 6) is 4.33. The van der Waals surface area contributed by atoms with Gasteiger partial charge in [0.15, 0.2) is 0 Å². The molecule has 7 heteroatoms. The first kappa shape index (κ1) is 25.9. The molecule has 5 nitrogen and oxygen atoms in total. The molecule has 0 unspecified atom stereocenters. The van der Waals surface area contributed by atoms with E-state index < -0.39 is 0 Å². The van der Waals surface area contributed by atoms with Crippen LogP contribution in [-0.4, -0.2) is 18.4 Å². The smallest absolute Gasteiger partial charge is 0.258 e. The van der Waals surface area contributed by atoms with E-state index in [9.17, 15) is 0 Å². The van der Waals surface area contributed by atoms with Crippen LogP contribution in [0.15, 0.2) is 152 Å². The van der Waals surface area contributed by atoms with E-state index in [0.29, 0.717) is 0 Å². The highest BCUT2D eigenvalue weighted by atomic mass is 16.5. The molecule has 0 aliphatic carbocycles. The Morgan fingerprint density at radius 3 is 1.65 bits per heavy atom. The predicted octanol–water partition coefficient (Wildman–Crippen LogP) is 5.89. The molecule has 6 aromatic carbocycles. The molecule has 4 aliphatic rings. The summed E-state index contributed by atoms with van der Waals surface area (Å²) in [5, 5.41) is 0. The average molecular weight is 613 g/mol. The van der Waals surface area contributed by atoms with E-state index in [1.54, 1.807) is 0 Å². The van der Waals surface area contributed by atoms with Gasteiger partial charge in [-0.05, 0) is 93.4 Å². The number of para-hydroxylation sites is 3. The Morgan fingerprint density at radius 2 is 0.958 bits per heavy atom. The van der Waals surface area contributed by atoms with Gasteiger partial charge < -0.3 is 14.4 Å². The lowest BCUT2D eigenvalue weighted by molar-refractivity contribution is 0.465. The van der Waals surface area contributed by atoms with Gasteiger partial charge in [-0.1, -0.05) is 78.9 Å². The van der Waals surface area contributed by atoms with E-state index in [1.165, 1.54) is 16.6 Å². The maximum absolute atomic E-state index is 6.80. The van der Waals surface area contributed by atoms with Crippen LogP contribution in [0.1, 0.15) is 0 Å². The van der Waals surface area contributed by atoms with Crippen LogP contribution in [0, 0.1) is 0 Å². The number of hydrogen-bond donors (Lipinski definition) is 0. The highest BCUT2D eigenvalue weighted by Crippen LogP contribution is 2.43. The van der Waals surface area contributed by atoms with Gasteiger partial charge in [0.2, 0.25) is 0 Å². The summed E-state index contributed by atoms with van der Waals surface area (Å²) in [6.45, 7) is -0.0546. The molecule has 0 atom stereocenters. The van der Waals surface area contributed by atoms with Gasteiger partial charge in [-0.3, -0.25) is 4.90 Å². The van der Waals surface area contributed by atoms with Crippen molar-refractivity contribution in [1.82, 2.24) is 4.98 Å². The van der Waals surface area contributed by atoms with Gasteiger partial charge in [-0.25, -0.2) is 4.98 Å². The number of pyridine rings is 1. The molecule has 0 radical (unpaired) electrons. The van der Waals surface area contributed by atoms with E-state index in [1.807, 2.05) is 18.3 Å². The van der Waals surface area contributed by atoms with Gasteiger partial charge in [-0.15, -0.1) is 0 Å². The number of benzene rings is 6. The lowest BCUT2D eigenvalue weighted by Crippen LogP contribution is -2.63. The first-order valence-corrected chi connectivity index (χ1v) is 16.4. The maximum Gasteiger partial charge on any atom is 0.258 e.